The van der Waals surface area contributed by atoms with Gasteiger partial charge in [-0.05, 0) is 30.2 Å². The third kappa shape index (κ3) is 4.33. The van der Waals surface area contributed by atoms with Crippen LogP contribution in [0.25, 0.3) is 0 Å². The second-order valence-electron chi connectivity index (χ2n) is 5.20. The first-order valence-corrected chi connectivity index (χ1v) is 9.01. The van der Waals surface area contributed by atoms with Crippen LogP contribution in [-0.2, 0) is 9.84 Å². The number of benzene rings is 2. The van der Waals surface area contributed by atoms with E-state index < -0.39 is 9.84 Å². The number of anilines is 1. The Labute approximate surface area is 126 Å². The Bertz CT molecular complexity index is 681. The maximum atomic E-state index is 11.6. The van der Waals surface area contributed by atoms with Gasteiger partial charge in [0.25, 0.3) is 0 Å². The highest BCUT2D eigenvalue weighted by molar-refractivity contribution is 7.90. The fraction of sp³-hybridized carbons (Fsp3) is 0.294. The lowest BCUT2D eigenvalue weighted by Crippen LogP contribution is -2.11. The van der Waals surface area contributed by atoms with E-state index >= 15 is 0 Å². The molecule has 2 rings (SSSR count). The van der Waals surface area contributed by atoms with Gasteiger partial charge in [0.2, 0.25) is 0 Å². The Balaban J connectivity index is 2.26. The van der Waals surface area contributed by atoms with E-state index in [4.69, 9.17) is 0 Å². The molecule has 0 fully saturated rings. The number of nitrogens with one attached hydrogen (secondary N) is 1. The van der Waals surface area contributed by atoms with E-state index in [1.54, 1.807) is 18.2 Å². The van der Waals surface area contributed by atoms with Crippen molar-refractivity contribution in [1.29, 1.82) is 0 Å². The van der Waals surface area contributed by atoms with Crippen molar-refractivity contribution >= 4 is 15.5 Å². The summed E-state index contributed by atoms with van der Waals surface area (Å²) in [6, 6.07) is 17.4. The summed E-state index contributed by atoms with van der Waals surface area (Å²) in [7, 11) is -3.18. The molecule has 0 saturated carbocycles. The van der Waals surface area contributed by atoms with E-state index in [0.29, 0.717) is 4.90 Å². The summed E-state index contributed by atoms with van der Waals surface area (Å²) in [5.41, 5.74) is 2.05. The molecular formula is C17H21NO2S. The maximum Gasteiger partial charge on any atom is 0.175 e. The molecule has 0 heterocycles. The van der Waals surface area contributed by atoms with Crippen LogP contribution in [0.4, 0.5) is 5.69 Å². The Morgan fingerprint density at radius 2 is 1.76 bits per heavy atom. The lowest BCUT2D eigenvalue weighted by molar-refractivity contribution is 0.602. The fourth-order valence-corrected chi connectivity index (χ4v) is 2.98. The molecule has 4 heteroatoms. The van der Waals surface area contributed by atoms with Crippen molar-refractivity contribution in [1.82, 2.24) is 0 Å². The first-order valence-electron chi connectivity index (χ1n) is 7.12. The average molecular weight is 303 g/mol. The molecule has 2 aromatic carbocycles. The van der Waals surface area contributed by atoms with Gasteiger partial charge in [-0.15, -0.1) is 0 Å². The standard InChI is InChI=1S/C17H21NO2S/c1-3-8-17(14-9-5-4-6-10-14)18-15-11-7-12-16(13-15)21(2,19)20/h4-7,9-13,17-18H,3,8H2,1-2H3. The van der Waals surface area contributed by atoms with Crippen LogP contribution >= 0.6 is 0 Å². The largest absolute Gasteiger partial charge is 0.378 e. The molecule has 0 aromatic heterocycles. The molecule has 2 aromatic rings. The second-order valence-corrected chi connectivity index (χ2v) is 7.21. The lowest BCUT2D eigenvalue weighted by Gasteiger charge is -2.20. The maximum absolute atomic E-state index is 11.6. The van der Waals surface area contributed by atoms with Crippen LogP contribution in [0, 0.1) is 0 Å². The van der Waals surface area contributed by atoms with Crippen molar-refractivity contribution in [3.05, 3.63) is 60.2 Å². The zero-order chi connectivity index (χ0) is 15.3. The highest BCUT2D eigenvalue weighted by Crippen LogP contribution is 2.25. The van der Waals surface area contributed by atoms with Gasteiger partial charge in [0.1, 0.15) is 0 Å². The normalized spacial score (nSPS) is 12.9. The molecule has 1 N–H and O–H groups in total. The van der Waals surface area contributed by atoms with Crippen LogP contribution in [0.15, 0.2) is 59.5 Å². The van der Waals surface area contributed by atoms with Crippen LogP contribution in [-0.4, -0.2) is 14.7 Å². The minimum atomic E-state index is -3.18. The zero-order valence-corrected chi connectivity index (χ0v) is 13.2. The lowest BCUT2D eigenvalue weighted by atomic mass is 10.0. The van der Waals surface area contributed by atoms with E-state index in [2.05, 4.69) is 24.4 Å². The zero-order valence-electron chi connectivity index (χ0n) is 12.4. The average Bonchev–Trinajstić information content (AvgIpc) is 2.47. The molecule has 21 heavy (non-hydrogen) atoms. The van der Waals surface area contributed by atoms with E-state index in [0.717, 1.165) is 18.5 Å². The summed E-state index contributed by atoms with van der Waals surface area (Å²) in [4.78, 5) is 0.343. The molecule has 0 aliphatic rings. The number of hydrogen-bond acceptors (Lipinski definition) is 3. The summed E-state index contributed by atoms with van der Waals surface area (Å²) < 4.78 is 23.3. The molecule has 0 spiro atoms. The first kappa shape index (κ1) is 15.6. The summed E-state index contributed by atoms with van der Waals surface area (Å²) >= 11 is 0. The molecule has 0 amide bonds. The van der Waals surface area contributed by atoms with E-state index in [-0.39, 0.29) is 6.04 Å². The van der Waals surface area contributed by atoms with Crippen molar-refractivity contribution in [2.75, 3.05) is 11.6 Å². The van der Waals surface area contributed by atoms with Crippen molar-refractivity contribution < 1.29 is 8.42 Å². The summed E-state index contributed by atoms with van der Waals surface area (Å²) in [5.74, 6) is 0. The van der Waals surface area contributed by atoms with Crippen molar-refractivity contribution in [2.45, 2.75) is 30.7 Å². The van der Waals surface area contributed by atoms with Crippen LogP contribution in [0.5, 0.6) is 0 Å². The number of rotatable bonds is 6. The van der Waals surface area contributed by atoms with Gasteiger partial charge in [-0.1, -0.05) is 49.7 Å². The highest BCUT2D eigenvalue weighted by Gasteiger charge is 2.12. The predicted octanol–water partition coefficient (Wildman–Crippen LogP) is 4.04. The van der Waals surface area contributed by atoms with Gasteiger partial charge >= 0.3 is 0 Å². The number of sulfone groups is 1. The summed E-state index contributed by atoms with van der Waals surface area (Å²) in [6.45, 7) is 2.14. The van der Waals surface area contributed by atoms with Crippen LogP contribution in [0.3, 0.4) is 0 Å². The van der Waals surface area contributed by atoms with Gasteiger partial charge < -0.3 is 5.32 Å². The monoisotopic (exact) mass is 303 g/mol. The highest BCUT2D eigenvalue weighted by atomic mass is 32.2. The van der Waals surface area contributed by atoms with Crippen molar-refractivity contribution in [3.8, 4) is 0 Å². The molecule has 0 saturated heterocycles. The van der Waals surface area contributed by atoms with Gasteiger partial charge in [-0.3, -0.25) is 0 Å². The molecule has 3 nitrogen and oxygen atoms in total. The third-order valence-electron chi connectivity index (χ3n) is 3.38. The minimum Gasteiger partial charge on any atom is -0.378 e. The SMILES string of the molecule is CCCC(Nc1cccc(S(C)(=O)=O)c1)c1ccccc1. The second kappa shape index (κ2) is 6.76. The van der Waals surface area contributed by atoms with Gasteiger partial charge in [-0.2, -0.15) is 0 Å². The molecule has 0 aliphatic heterocycles. The summed E-state index contributed by atoms with van der Waals surface area (Å²) in [5, 5.41) is 3.44. The van der Waals surface area contributed by atoms with E-state index in [9.17, 15) is 8.42 Å². The van der Waals surface area contributed by atoms with Gasteiger partial charge in [0, 0.05) is 11.9 Å². The van der Waals surface area contributed by atoms with Crippen LogP contribution < -0.4 is 5.32 Å². The van der Waals surface area contributed by atoms with Gasteiger partial charge in [-0.25, -0.2) is 8.42 Å². The van der Waals surface area contributed by atoms with Crippen molar-refractivity contribution in [3.63, 3.8) is 0 Å². The quantitative estimate of drug-likeness (QED) is 0.876. The van der Waals surface area contributed by atoms with Gasteiger partial charge in [0.05, 0.1) is 10.9 Å². The summed E-state index contributed by atoms with van der Waals surface area (Å²) in [6.07, 6.45) is 3.28. The first-order chi connectivity index (χ1) is 10.0. The van der Waals surface area contributed by atoms with Crippen LogP contribution in [0.1, 0.15) is 31.4 Å². The van der Waals surface area contributed by atoms with Gasteiger partial charge in [0.15, 0.2) is 9.84 Å². The minimum absolute atomic E-state index is 0.186. The molecule has 112 valence electrons. The Hall–Kier alpha value is -1.81. The molecule has 1 unspecified atom stereocenters. The molecule has 0 aliphatic carbocycles. The Kier molecular flexibility index (Phi) is 5.02. The van der Waals surface area contributed by atoms with E-state index in [1.165, 1.54) is 11.8 Å². The Morgan fingerprint density at radius 1 is 1.05 bits per heavy atom. The number of hydrogen-bond donors (Lipinski definition) is 1. The third-order valence-corrected chi connectivity index (χ3v) is 4.49. The van der Waals surface area contributed by atoms with Crippen molar-refractivity contribution in [2.24, 2.45) is 0 Å². The molecular weight excluding hydrogens is 282 g/mol. The molecule has 0 radical (unpaired) electrons. The molecule has 1 atom stereocenters. The Morgan fingerprint density at radius 3 is 2.38 bits per heavy atom. The fourth-order valence-electron chi connectivity index (χ4n) is 2.31. The van der Waals surface area contributed by atoms with E-state index in [1.807, 2.05) is 24.3 Å². The smallest absolute Gasteiger partial charge is 0.175 e. The topological polar surface area (TPSA) is 46.2 Å². The van der Waals surface area contributed by atoms with Crippen LogP contribution in [0.2, 0.25) is 0 Å². The molecule has 0 bridgehead atoms. The predicted molar refractivity (Wildman–Crippen MR) is 87.3 cm³/mol.